The van der Waals surface area contributed by atoms with Gasteiger partial charge < -0.3 is 20.1 Å². The predicted molar refractivity (Wildman–Crippen MR) is 101 cm³/mol. The van der Waals surface area contributed by atoms with Gasteiger partial charge in [0.1, 0.15) is 11.5 Å². The van der Waals surface area contributed by atoms with Gasteiger partial charge in [0, 0.05) is 17.6 Å². The van der Waals surface area contributed by atoms with Gasteiger partial charge in [-0.1, -0.05) is 29.3 Å². The molecule has 0 bridgehead atoms. The van der Waals surface area contributed by atoms with Gasteiger partial charge in [-0.05, 0) is 44.0 Å². The van der Waals surface area contributed by atoms with E-state index in [1.165, 1.54) is 12.7 Å². The molecule has 0 spiro atoms. The predicted octanol–water partition coefficient (Wildman–Crippen LogP) is 4.56. The van der Waals surface area contributed by atoms with Gasteiger partial charge in [-0.3, -0.25) is 0 Å². The van der Waals surface area contributed by atoms with Crippen LogP contribution in [0.3, 0.4) is 0 Å². The molecule has 2 rings (SSSR count). The number of benzene rings is 2. The standard InChI is InChI=1S/C19H23ClN2O3/c1-13-5-7-15(8-6-13)25-10-4-9-21-19(23)22-17-11-14(2)16(20)12-18(17)24-3/h5-8,11-12H,4,9-10H2,1-3H3,(H2,21,22,23). The molecule has 0 saturated heterocycles. The normalized spacial score (nSPS) is 10.2. The van der Waals surface area contributed by atoms with E-state index < -0.39 is 0 Å². The second kappa shape index (κ2) is 9.18. The number of ether oxygens (including phenoxy) is 2. The zero-order valence-electron chi connectivity index (χ0n) is 14.7. The van der Waals surface area contributed by atoms with E-state index in [0.717, 1.165) is 11.3 Å². The van der Waals surface area contributed by atoms with Crippen molar-refractivity contribution in [2.45, 2.75) is 20.3 Å². The van der Waals surface area contributed by atoms with Crippen molar-refractivity contribution in [1.29, 1.82) is 0 Å². The van der Waals surface area contributed by atoms with Crippen molar-refractivity contribution in [2.24, 2.45) is 0 Å². The number of carbonyl (C=O) groups excluding carboxylic acids is 1. The number of rotatable bonds is 7. The third kappa shape index (κ3) is 5.87. The molecule has 2 aromatic carbocycles. The van der Waals surface area contributed by atoms with Crippen molar-refractivity contribution >= 4 is 23.3 Å². The summed E-state index contributed by atoms with van der Waals surface area (Å²) in [6.07, 6.45) is 0.706. The SMILES string of the molecule is COc1cc(Cl)c(C)cc1NC(=O)NCCCOc1ccc(C)cc1. The van der Waals surface area contributed by atoms with Crippen LogP contribution in [0, 0.1) is 13.8 Å². The topological polar surface area (TPSA) is 59.6 Å². The Kier molecular flexibility index (Phi) is 6.95. The minimum absolute atomic E-state index is 0.296. The minimum Gasteiger partial charge on any atom is -0.495 e. The van der Waals surface area contributed by atoms with Crippen LogP contribution in [0.2, 0.25) is 5.02 Å². The highest BCUT2D eigenvalue weighted by molar-refractivity contribution is 6.31. The maximum Gasteiger partial charge on any atom is 0.319 e. The van der Waals surface area contributed by atoms with Crippen LogP contribution >= 0.6 is 11.6 Å². The summed E-state index contributed by atoms with van der Waals surface area (Å²) in [5.74, 6) is 1.35. The van der Waals surface area contributed by atoms with Gasteiger partial charge in [-0.15, -0.1) is 0 Å². The lowest BCUT2D eigenvalue weighted by atomic mass is 10.2. The lowest BCUT2D eigenvalue weighted by Gasteiger charge is -2.13. The summed E-state index contributed by atoms with van der Waals surface area (Å²) in [7, 11) is 1.53. The van der Waals surface area contributed by atoms with Crippen LogP contribution in [0.4, 0.5) is 10.5 Å². The summed E-state index contributed by atoms with van der Waals surface area (Å²) in [6.45, 7) is 4.94. The zero-order valence-corrected chi connectivity index (χ0v) is 15.4. The van der Waals surface area contributed by atoms with Crippen molar-refractivity contribution < 1.29 is 14.3 Å². The van der Waals surface area contributed by atoms with Crippen LogP contribution < -0.4 is 20.1 Å². The monoisotopic (exact) mass is 362 g/mol. The first-order valence-corrected chi connectivity index (χ1v) is 8.46. The lowest BCUT2D eigenvalue weighted by Crippen LogP contribution is -2.30. The van der Waals surface area contributed by atoms with E-state index in [-0.39, 0.29) is 6.03 Å². The quantitative estimate of drug-likeness (QED) is 0.710. The van der Waals surface area contributed by atoms with Crippen molar-refractivity contribution in [3.05, 3.63) is 52.5 Å². The molecule has 2 aromatic rings. The van der Waals surface area contributed by atoms with Gasteiger partial charge in [0.25, 0.3) is 0 Å². The Balaban J connectivity index is 1.74. The molecular weight excluding hydrogens is 340 g/mol. The summed E-state index contributed by atoms with van der Waals surface area (Å²) in [4.78, 5) is 12.0. The van der Waals surface area contributed by atoms with Gasteiger partial charge in [-0.2, -0.15) is 0 Å². The smallest absolute Gasteiger partial charge is 0.319 e. The summed E-state index contributed by atoms with van der Waals surface area (Å²) in [5.41, 5.74) is 2.64. The highest BCUT2D eigenvalue weighted by Gasteiger charge is 2.10. The molecule has 0 heterocycles. The molecule has 0 atom stereocenters. The van der Waals surface area contributed by atoms with E-state index in [1.54, 1.807) is 12.1 Å². The van der Waals surface area contributed by atoms with Gasteiger partial charge in [0.2, 0.25) is 0 Å². The molecular formula is C19H23ClN2O3. The van der Waals surface area contributed by atoms with Crippen LogP contribution in [0.5, 0.6) is 11.5 Å². The molecule has 134 valence electrons. The number of hydrogen-bond donors (Lipinski definition) is 2. The first-order chi connectivity index (χ1) is 12.0. The average Bonchev–Trinajstić information content (AvgIpc) is 2.59. The second-order valence-electron chi connectivity index (χ2n) is 5.70. The largest absolute Gasteiger partial charge is 0.495 e. The van der Waals surface area contributed by atoms with Crippen molar-refractivity contribution in [1.82, 2.24) is 5.32 Å². The number of urea groups is 1. The Bertz CT molecular complexity index is 717. The lowest BCUT2D eigenvalue weighted by molar-refractivity contribution is 0.250. The molecule has 2 amide bonds. The molecule has 0 aliphatic carbocycles. The van der Waals surface area contributed by atoms with E-state index in [4.69, 9.17) is 21.1 Å². The summed E-state index contributed by atoms with van der Waals surface area (Å²) in [6, 6.07) is 11.0. The van der Waals surface area contributed by atoms with E-state index in [0.29, 0.717) is 36.0 Å². The number of halogens is 1. The van der Waals surface area contributed by atoms with Gasteiger partial charge in [0.05, 0.1) is 19.4 Å². The van der Waals surface area contributed by atoms with Gasteiger partial charge in [-0.25, -0.2) is 4.79 Å². The Hall–Kier alpha value is -2.40. The highest BCUT2D eigenvalue weighted by Crippen LogP contribution is 2.30. The molecule has 0 fully saturated rings. The number of anilines is 1. The number of hydrogen-bond acceptors (Lipinski definition) is 3. The molecule has 25 heavy (non-hydrogen) atoms. The zero-order chi connectivity index (χ0) is 18.2. The Morgan fingerprint density at radius 3 is 2.56 bits per heavy atom. The number of amides is 2. The van der Waals surface area contributed by atoms with Crippen LogP contribution in [0.1, 0.15) is 17.5 Å². The maximum atomic E-state index is 12.0. The number of carbonyl (C=O) groups is 1. The minimum atomic E-state index is -0.296. The fraction of sp³-hybridized carbons (Fsp3) is 0.316. The van der Waals surface area contributed by atoms with Crippen LogP contribution in [0.15, 0.2) is 36.4 Å². The maximum absolute atomic E-state index is 12.0. The van der Waals surface area contributed by atoms with E-state index >= 15 is 0 Å². The third-order valence-electron chi connectivity index (χ3n) is 3.63. The van der Waals surface area contributed by atoms with E-state index in [2.05, 4.69) is 10.6 Å². The molecule has 0 unspecified atom stereocenters. The molecule has 0 aromatic heterocycles. The summed E-state index contributed by atoms with van der Waals surface area (Å²) < 4.78 is 10.9. The van der Waals surface area contributed by atoms with Crippen LogP contribution in [-0.4, -0.2) is 26.3 Å². The average molecular weight is 363 g/mol. The Morgan fingerprint density at radius 1 is 1.16 bits per heavy atom. The molecule has 0 radical (unpaired) electrons. The summed E-state index contributed by atoms with van der Waals surface area (Å²) >= 11 is 6.06. The number of nitrogens with one attached hydrogen (secondary N) is 2. The summed E-state index contributed by atoms with van der Waals surface area (Å²) in [5, 5.41) is 6.16. The molecule has 0 aliphatic rings. The number of aryl methyl sites for hydroxylation is 2. The Morgan fingerprint density at radius 2 is 1.88 bits per heavy atom. The molecule has 2 N–H and O–H groups in total. The van der Waals surface area contributed by atoms with Crippen molar-refractivity contribution in [3.8, 4) is 11.5 Å². The van der Waals surface area contributed by atoms with Crippen LogP contribution in [0.25, 0.3) is 0 Å². The second-order valence-corrected chi connectivity index (χ2v) is 6.10. The van der Waals surface area contributed by atoms with E-state index in [1.807, 2.05) is 38.1 Å². The van der Waals surface area contributed by atoms with Crippen LogP contribution in [-0.2, 0) is 0 Å². The fourth-order valence-corrected chi connectivity index (χ4v) is 2.35. The number of methoxy groups -OCH3 is 1. The van der Waals surface area contributed by atoms with E-state index in [9.17, 15) is 4.79 Å². The molecule has 5 nitrogen and oxygen atoms in total. The van der Waals surface area contributed by atoms with Gasteiger partial charge >= 0.3 is 6.03 Å². The first kappa shape index (κ1) is 18.9. The highest BCUT2D eigenvalue weighted by atomic mass is 35.5. The molecule has 0 saturated carbocycles. The first-order valence-electron chi connectivity index (χ1n) is 8.08. The molecule has 6 heteroatoms. The van der Waals surface area contributed by atoms with Gasteiger partial charge in [0.15, 0.2) is 0 Å². The van der Waals surface area contributed by atoms with Crippen molar-refractivity contribution in [3.63, 3.8) is 0 Å². The van der Waals surface area contributed by atoms with Crippen molar-refractivity contribution in [2.75, 3.05) is 25.6 Å². The third-order valence-corrected chi connectivity index (χ3v) is 4.03. The fourth-order valence-electron chi connectivity index (χ4n) is 2.19. The Labute approximate surface area is 153 Å². The molecule has 0 aliphatic heterocycles.